The Morgan fingerprint density at radius 1 is 1.15 bits per heavy atom. The molecule has 0 saturated carbocycles. The second-order valence-corrected chi connectivity index (χ2v) is 7.13. The molecule has 4 heterocycles. The number of H-pyrrole nitrogens is 1. The van der Waals surface area contributed by atoms with Gasteiger partial charge in [0.15, 0.2) is 11.5 Å². The zero-order valence-electron chi connectivity index (χ0n) is 14.6. The molecule has 1 aliphatic carbocycles. The highest BCUT2D eigenvalue weighted by molar-refractivity contribution is 5.82. The smallest absolute Gasteiger partial charge is 0.267 e. The fourth-order valence-electron chi connectivity index (χ4n) is 4.21. The lowest BCUT2D eigenvalue weighted by Crippen LogP contribution is -2.38. The molecule has 1 aliphatic heterocycles. The fraction of sp³-hybridized carbons (Fsp3) is 0.500. The van der Waals surface area contributed by atoms with Gasteiger partial charge in [-0.1, -0.05) is 0 Å². The van der Waals surface area contributed by atoms with Gasteiger partial charge < -0.3 is 9.88 Å². The van der Waals surface area contributed by atoms with E-state index in [1.807, 2.05) is 0 Å². The minimum absolute atomic E-state index is 0.00637. The summed E-state index contributed by atoms with van der Waals surface area (Å²) >= 11 is 0. The molecule has 8 heteroatoms. The summed E-state index contributed by atoms with van der Waals surface area (Å²) in [4.78, 5) is 30.8. The van der Waals surface area contributed by atoms with Gasteiger partial charge in [-0.05, 0) is 44.1 Å². The number of nitrogens with zero attached hydrogens (tertiary/aromatic N) is 6. The predicted octanol–water partition coefficient (Wildman–Crippen LogP) is 1.46. The van der Waals surface area contributed by atoms with E-state index in [1.54, 1.807) is 23.4 Å². The van der Waals surface area contributed by atoms with Crippen molar-refractivity contribution in [2.24, 2.45) is 0 Å². The normalized spacial score (nSPS) is 19.8. The van der Waals surface area contributed by atoms with E-state index in [0.717, 1.165) is 67.7 Å². The summed E-state index contributed by atoms with van der Waals surface area (Å²) < 4.78 is 1.65. The van der Waals surface area contributed by atoms with E-state index in [9.17, 15) is 4.79 Å². The lowest BCUT2D eigenvalue weighted by Gasteiger charge is -2.26. The molecule has 0 spiro atoms. The van der Waals surface area contributed by atoms with Crippen LogP contribution in [0.1, 0.15) is 36.9 Å². The Balaban J connectivity index is 1.47. The van der Waals surface area contributed by atoms with Gasteiger partial charge in [-0.15, -0.1) is 0 Å². The zero-order valence-corrected chi connectivity index (χ0v) is 14.6. The first kappa shape index (κ1) is 15.5. The van der Waals surface area contributed by atoms with E-state index in [-0.39, 0.29) is 11.6 Å². The van der Waals surface area contributed by atoms with Crippen molar-refractivity contribution in [1.82, 2.24) is 29.7 Å². The molecule has 1 unspecified atom stereocenters. The monoisotopic (exact) mass is 351 g/mol. The first-order chi connectivity index (χ1) is 12.8. The Morgan fingerprint density at radius 2 is 2.08 bits per heavy atom. The Labute approximate surface area is 150 Å². The summed E-state index contributed by atoms with van der Waals surface area (Å²) in [6.45, 7) is 1.50. The molecule has 0 amide bonds. The van der Waals surface area contributed by atoms with Gasteiger partial charge >= 0.3 is 0 Å². The summed E-state index contributed by atoms with van der Waals surface area (Å²) in [7, 11) is 0. The Kier molecular flexibility index (Phi) is 3.69. The average Bonchev–Trinajstić information content (AvgIpc) is 3.31. The number of hydrogen-bond acceptors (Lipinski definition) is 6. The van der Waals surface area contributed by atoms with Gasteiger partial charge in [0, 0.05) is 12.6 Å². The topological polar surface area (TPSA) is 92.6 Å². The number of anilines is 1. The Morgan fingerprint density at radius 3 is 3.04 bits per heavy atom. The van der Waals surface area contributed by atoms with Crippen molar-refractivity contribution in [2.75, 3.05) is 11.4 Å². The molecule has 5 rings (SSSR count). The van der Waals surface area contributed by atoms with E-state index >= 15 is 0 Å². The highest BCUT2D eigenvalue weighted by atomic mass is 16.1. The van der Waals surface area contributed by atoms with Crippen LogP contribution in [0.25, 0.3) is 11.2 Å². The minimum atomic E-state index is 0.00637. The Hall–Kier alpha value is -2.77. The van der Waals surface area contributed by atoms with Crippen molar-refractivity contribution in [3.8, 4) is 0 Å². The standard InChI is InChI=1S/C18H21N7O/c26-15-8-12-4-1-2-6-14(12)23-25(15)9-13-5-3-7-24(13)18-16-17(20-10-19-16)21-11-22-18/h8,10-11,13H,1-7,9H2,(H,19,20,21,22). The molecule has 26 heavy (non-hydrogen) atoms. The lowest BCUT2D eigenvalue weighted by atomic mass is 9.97. The average molecular weight is 351 g/mol. The number of rotatable bonds is 3. The van der Waals surface area contributed by atoms with E-state index in [1.165, 1.54) is 0 Å². The van der Waals surface area contributed by atoms with Crippen LogP contribution in [0.4, 0.5) is 5.82 Å². The van der Waals surface area contributed by atoms with Gasteiger partial charge in [-0.3, -0.25) is 4.79 Å². The second-order valence-electron chi connectivity index (χ2n) is 7.13. The predicted molar refractivity (Wildman–Crippen MR) is 97.2 cm³/mol. The van der Waals surface area contributed by atoms with Crippen LogP contribution in [0.3, 0.4) is 0 Å². The molecule has 0 radical (unpaired) electrons. The van der Waals surface area contributed by atoms with E-state index < -0.39 is 0 Å². The third-order valence-electron chi connectivity index (χ3n) is 5.51. The van der Waals surface area contributed by atoms with Crippen LogP contribution in [0.15, 0.2) is 23.5 Å². The first-order valence-electron chi connectivity index (χ1n) is 9.30. The number of imidazole rings is 1. The van der Waals surface area contributed by atoms with E-state index in [0.29, 0.717) is 12.2 Å². The molecular weight excluding hydrogens is 330 g/mol. The van der Waals surface area contributed by atoms with Gasteiger partial charge in [-0.25, -0.2) is 19.6 Å². The highest BCUT2D eigenvalue weighted by Gasteiger charge is 2.29. The summed E-state index contributed by atoms with van der Waals surface area (Å²) in [5.74, 6) is 0.862. The quantitative estimate of drug-likeness (QED) is 0.768. The molecule has 1 atom stereocenters. The van der Waals surface area contributed by atoms with Gasteiger partial charge in [0.25, 0.3) is 5.56 Å². The molecule has 0 aromatic carbocycles. The number of hydrogen-bond donors (Lipinski definition) is 1. The van der Waals surface area contributed by atoms with Crippen LogP contribution in [0.2, 0.25) is 0 Å². The van der Waals surface area contributed by atoms with Gasteiger partial charge in [-0.2, -0.15) is 5.10 Å². The summed E-state index contributed by atoms with van der Waals surface area (Å²) in [6.07, 6.45) is 9.56. The lowest BCUT2D eigenvalue weighted by molar-refractivity contribution is 0.472. The van der Waals surface area contributed by atoms with Crippen molar-refractivity contribution in [1.29, 1.82) is 0 Å². The van der Waals surface area contributed by atoms with Crippen molar-refractivity contribution < 1.29 is 0 Å². The molecular formula is C18H21N7O. The SMILES string of the molecule is O=c1cc2c(nn1CC1CCCN1c1ncnc3nc[nH]c13)CCCC2. The molecule has 3 aromatic heterocycles. The minimum Gasteiger partial charge on any atom is -0.350 e. The van der Waals surface area contributed by atoms with E-state index in [2.05, 4.69) is 29.9 Å². The highest BCUT2D eigenvalue weighted by Crippen LogP contribution is 2.28. The van der Waals surface area contributed by atoms with Crippen LogP contribution >= 0.6 is 0 Å². The van der Waals surface area contributed by atoms with Gasteiger partial charge in [0.2, 0.25) is 0 Å². The van der Waals surface area contributed by atoms with Crippen molar-refractivity contribution in [3.63, 3.8) is 0 Å². The van der Waals surface area contributed by atoms with Crippen molar-refractivity contribution in [3.05, 3.63) is 40.3 Å². The van der Waals surface area contributed by atoms with Crippen LogP contribution in [-0.2, 0) is 19.4 Å². The number of aryl methyl sites for hydroxylation is 2. The Bertz CT molecular complexity index is 1010. The first-order valence-corrected chi connectivity index (χ1v) is 9.30. The molecule has 1 N–H and O–H groups in total. The molecule has 2 aliphatic rings. The fourth-order valence-corrected chi connectivity index (χ4v) is 4.21. The third-order valence-corrected chi connectivity index (χ3v) is 5.51. The third kappa shape index (κ3) is 2.56. The zero-order chi connectivity index (χ0) is 17.5. The number of fused-ring (bicyclic) bond motifs is 2. The van der Waals surface area contributed by atoms with Crippen LogP contribution < -0.4 is 10.5 Å². The summed E-state index contributed by atoms with van der Waals surface area (Å²) in [6, 6.07) is 1.99. The molecule has 0 bridgehead atoms. The number of aromatic amines is 1. The molecule has 134 valence electrons. The van der Waals surface area contributed by atoms with Crippen molar-refractivity contribution >= 4 is 17.0 Å². The molecule has 1 fully saturated rings. The number of aromatic nitrogens is 6. The largest absolute Gasteiger partial charge is 0.350 e. The number of nitrogens with one attached hydrogen (secondary N) is 1. The molecule has 3 aromatic rings. The molecule has 8 nitrogen and oxygen atoms in total. The summed E-state index contributed by atoms with van der Waals surface area (Å²) in [5.41, 5.74) is 3.76. The van der Waals surface area contributed by atoms with Gasteiger partial charge in [0.1, 0.15) is 11.8 Å². The van der Waals surface area contributed by atoms with E-state index in [4.69, 9.17) is 0 Å². The molecule has 1 saturated heterocycles. The maximum atomic E-state index is 12.5. The van der Waals surface area contributed by atoms with Crippen LogP contribution in [-0.4, -0.2) is 42.3 Å². The van der Waals surface area contributed by atoms with Gasteiger partial charge in [0.05, 0.1) is 24.6 Å². The summed E-state index contributed by atoms with van der Waals surface area (Å²) in [5, 5.41) is 4.68. The maximum Gasteiger partial charge on any atom is 0.267 e. The van der Waals surface area contributed by atoms with Crippen molar-refractivity contribution in [2.45, 2.75) is 51.1 Å². The van der Waals surface area contributed by atoms with Crippen LogP contribution in [0.5, 0.6) is 0 Å². The second kappa shape index (κ2) is 6.19. The van der Waals surface area contributed by atoms with Crippen LogP contribution in [0, 0.1) is 0 Å². The maximum absolute atomic E-state index is 12.5.